The Balaban J connectivity index is 1.84. The first-order valence-electron chi connectivity index (χ1n) is 9.28. The number of hydrogen-bond acceptors (Lipinski definition) is 7. The third-order valence-corrected chi connectivity index (χ3v) is 4.58. The van der Waals surface area contributed by atoms with Gasteiger partial charge >= 0.3 is 0 Å². The molecule has 28 heavy (non-hydrogen) atoms. The predicted molar refractivity (Wildman–Crippen MR) is 104 cm³/mol. The summed E-state index contributed by atoms with van der Waals surface area (Å²) in [6.07, 6.45) is 3.07. The molecule has 9 nitrogen and oxygen atoms in total. The number of pyridine rings is 1. The molecule has 0 aromatic carbocycles. The van der Waals surface area contributed by atoms with Gasteiger partial charge in [0, 0.05) is 37.6 Å². The number of nitrogens with one attached hydrogen (secondary N) is 2. The Labute approximate surface area is 163 Å². The lowest BCUT2D eigenvalue weighted by Gasteiger charge is -2.31. The number of hydrogen-bond donors (Lipinski definition) is 2. The van der Waals surface area contributed by atoms with E-state index in [0.29, 0.717) is 29.8 Å². The average molecular weight is 381 g/mol. The van der Waals surface area contributed by atoms with Gasteiger partial charge in [-0.1, -0.05) is 0 Å². The van der Waals surface area contributed by atoms with Crippen molar-refractivity contribution in [2.24, 2.45) is 5.92 Å². The molecule has 2 amide bonds. The van der Waals surface area contributed by atoms with E-state index in [-0.39, 0.29) is 35.4 Å². The van der Waals surface area contributed by atoms with Crippen molar-refractivity contribution < 1.29 is 9.59 Å². The number of carbonyl (C=O) groups is 2. The Morgan fingerprint density at radius 3 is 2.82 bits per heavy atom. The van der Waals surface area contributed by atoms with Crippen LogP contribution in [0.1, 0.15) is 39.3 Å². The predicted octanol–water partition coefficient (Wildman–Crippen LogP) is 1.91. The molecule has 2 aromatic rings. The standard InChI is InChI=1S/C19H23N7O2/c1-11(2)22-17-16-14(7-15(8-20)23-17)9-21-19(24-16)25-18(28)13-5-4-6-26(10-13)12(3)27/h7,9,11,13H,4-6,10H2,1-3H3,(H,22,23)(H,21,24,25,28)/t13-/m0/s1. The molecule has 1 atom stereocenters. The second-order valence-electron chi connectivity index (χ2n) is 7.19. The summed E-state index contributed by atoms with van der Waals surface area (Å²) in [6.45, 7) is 6.52. The van der Waals surface area contributed by atoms with Crippen molar-refractivity contribution in [3.05, 3.63) is 18.0 Å². The van der Waals surface area contributed by atoms with Crippen LogP contribution in [0.15, 0.2) is 12.3 Å². The third-order valence-electron chi connectivity index (χ3n) is 4.58. The highest BCUT2D eigenvalue weighted by molar-refractivity contribution is 5.94. The van der Waals surface area contributed by atoms with E-state index in [4.69, 9.17) is 5.26 Å². The topological polar surface area (TPSA) is 124 Å². The minimum Gasteiger partial charge on any atom is -0.366 e. The fraction of sp³-hybridized carbons (Fsp3) is 0.474. The molecule has 3 heterocycles. The van der Waals surface area contributed by atoms with Crippen LogP contribution in [0.5, 0.6) is 0 Å². The normalized spacial score (nSPS) is 16.7. The van der Waals surface area contributed by atoms with E-state index in [9.17, 15) is 9.59 Å². The summed E-state index contributed by atoms with van der Waals surface area (Å²) in [4.78, 5) is 38.8. The summed E-state index contributed by atoms with van der Waals surface area (Å²) in [7, 11) is 0. The summed E-state index contributed by atoms with van der Waals surface area (Å²) < 4.78 is 0. The number of likely N-dealkylation sites (tertiary alicyclic amines) is 1. The van der Waals surface area contributed by atoms with Gasteiger partial charge in [0.2, 0.25) is 17.8 Å². The molecule has 2 N–H and O–H groups in total. The van der Waals surface area contributed by atoms with Gasteiger partial charge in [0.15, 0.2) is 5.82 Å². The van der Waals surface area contributed by atoms with Crippen LogP contribution < -0.4 is 10.6 Å². The maximum absolute atomic E-state index is 12.6. The molecule has 1 aliphatic rings. The number of nitriles is 1. The quantitative estimate of drug-likeness (QED) is 0.829. The Kier molecular flexibility index (Phi) is 5.68. The number of piperidine rings is 1. The number of aromatic nitrogens is 3. The number of carbonyl (C=O) groups excluding carboxylic acids is 2. The highest BCUT2D eigenvalue weighted by Crippen LogP contribution is 2.23. The number of nitrogens with zero attached hydrogens (tertiary/aromatic N) is 5. The molecule has 1 fully saturated rings. The second-order valence-corrected chi connectivity index (χ2v) is 7.19. The lowest BCUT2D eigenvalue weighted by Crippen LogP contribution is -2.42. The fourth-order valence-corrected chi connectivity index (χ4v) is 3.22. The molecule has 0 radical (unpaired) electrons. The molecule has 1 aliphatic heterocycles. The van der Waals surface area contributed by atoms with Crippen LogP contribution in [-0.2, 0) is 9.59 Å². The van der Waals surface area contributed by atoms with Crippen molar-refractivity contribution in [1.82, 2.24) is 19.9 Å². The number of amides is 2. The van der Waals surface area contributed by atoms with E-state index < -0.39 is 0 Å². The maximum atomic E-state index is 12.6. The lowest BCUT2D eigenvalue weighted by atomic mass is 9.97. The molecule has 0 bridgehead atoms. The lowest BCUT2D eigenvalue weighted by molar-refractivity contribution is -0.132. The number of fused-ring (bicyclic) bond motifs is 1. The zero-order valence-electron chi connectivity index (χ0n) is 16.2. The van der Waals surface area contributed by atoms with Gasteiger partial charge in [-0.05, 0) is 32.8 Å². The maximum Gasteiger partial charge on any atom is 0.231 e. The average Bonchev–Trinajstić information content (AvgIpc) is 2.67. The Morgan fingerprint density at radius 1 is 1.36 bits per heavy atom. The molecule has 3 rings (SSSR count). The van der Waals surface area contributed by atoms with Gasteiger partial charge in [-0.2, -0.15) is 5.26 Å². The minimum absolute atomic E-state index is 0.0248. The van der Waals surface area contributed by atoms with Crippen molar-refractivity contribution in [3.8, 4) is 6.07 Å². The van der Waals surface area contributed by atoms with Crippen LogP contribution in [0.2, 0.25) is 0 Å². The molecule has 0 spiro atoms. The number of rotatable bonds is 4. The summed E-state index contributed by atoms with van der Waals surface area (Å²) in [5, 5.41) is 15.8. The zero-order valence-corrected chi connectivity index (χ0v) is 16.2. The highest BCUT2D eigenvalue weighted by Gasteiger charge is 2.27. The van der Waals surface area contributed by atoms with Gasteiger partial charge in [-0.3, -0.25) is 14.9 Å². The van der Waals surface area contributed by atoms with Gasteiger partial charge in [0.1, 0.15) is 17.3 Å². The van der Waals surface area contributed by atoms with Crippen LogP contribution in [-0.4, -0.2) is 50.8 Å². The number of anilines is 2. The van der Waals surface area contributed by atoms with E-state index in [1.54, 1.807) is 17.2 Å². The first-order chi connectivity index (χ1) is 13.4. The Morgan fingerprint density at radius 2 is 2.14 bits per heavy atom. The van der Waals surface area contributed by atoms with Gasteiger partial charge < -0.3 is 10.2 Å². The van der Waals surface area contributed by atoms with Crippen LogP contribution >= 0.6 is 0 Å². The molecule has 0 saturated carbocycles. The first-order valence-corrected chi connectivity index (χ1v) is 9.28. The molecule has 2 aromatic heterocycles. The zero-order chi connectivity index (χ0) is 20.3. The first kappa shape index (κ1) is 19.5. The molecule has 9 heteroatoms. The smallest absolute Gasteiger partial charge is 0.231 e. The van der Waals surface area contributed by atoms with Gasteiger partial charge in [-0.25, -0.2) is 15.0 Å². The Bertz CT molecular complexity index is 951. The van der Waals surface area contributed by atoms with Gasteiger partial charge in [-0.15, -0.1) is 0 Å². The van der Waals surface area contributed by atoms with Crippen LogP contribution in [0, 0.1) is 17.2 Å². The van der Waals surface area contributed by atoms with E-state index in [1.165, 1.54) is 6.92 Å². The molecule has 0 aliphatic carbocycles. The van der Waals surface area contributed by atoms with Crippen molar-refractivity contribution in [2.45, 2.75) is 39.7 Å². The molecule has 146 valence electrons. The molecule has 1 saturated heterocycles. The molecular weight excluding hydrogens is 358 g/mol. The summed E-state index contributed by atoms with van der Waals surface area (Å²) >= 11 is 0. The summed E-state index contributed by atoms with van der Waals surface area (Å²) in [5.74, 6) is 0.135. The Hall–Kier alpha value is -3.28. The minimum atomic E-state index is -0.288. The monoisotopic (exact) mass is 381 g/mol. The van der Waals surface area contributed by atoms with Crippen LogP contribution in [0.3, 0.4) is 0 Å². The van der Waals surface area contributed by atoms with Crippen molar-refractivity contribution in [1.29, 1.82) is 5.26 Å². The molecule has 0 unspecified atom stereocenters. The SMILES string of the molecule is CC(=O)N1CCC[C@H](C(=O)Nc2ncc3cc(C#N)nc(NC(C)C)c3n2)C1. The van der Waals surface area contributed by atoms with Crippen molar-refractivity contribution in [2.75, 3.05) is 23.7 Å². The van der Waals surface area contributed by atoms with E-state index in [0.717, 1.165) is 12.8 Å². The summed E-state index contributed by atoms with van der Waals surface area (Å²) in [6, 6.07) is 3.73. The van der Waals surface area contributed by atoms with Crippen molar-refractivity contribution >= 4 is 34.5 Å². The van der Waals surface area contributed by atoms with Crippen LogP contribution in [0.25, 0.3) is 10.9 Å². The highest BCUT2D eigenvalue weighted by atomic mass is 16.2. The van der Waals surface area contributed by atoms with E-state index in [1.807, 2.05) is 19.9 Å². The van der Waals surface area contributed by atoms with Crippen molar-refractivity contribution in [3.63, 3.8) is 0 Å². The van der Waals surface area contributed by atoms with E-state index in [2.05, 4.69) is 25.6 Å². The summed E-state index contributed by atoms with van der Waals surface area (Å²) in [5.41, 5.74) is 0.801. The fourth-order valence-electron chi connectivity index (χ4n) is 3.22. The van der Waals surface area contributed by atoms with E-state index >= 15 is 0 Å². The molecular formula is C19H23N7O2. The third kappa shape index (κ3) is 4.34. The van der Waals surface area contributed by atoms with Gasteiger partial charge in [0.05, 0.1) is 5.92 Å². The van der Waals surface area contributed by atoms with Gasteiger partial charge in [0.25, 0.3) is 0 Å². The largest absolute Gasteiger partial charge is 0.366 e. The second kappa shape index (κ2) is 8.17. The van der Waals surface area contributed by atoms with Crippen LogP contribution in [0.4, 0.5) is 11.8 Å².